The maximum absolute atomic E-state index is 13.0. The van der Waals surface area contributed by atoms with Gasteiger partial charge in [0.25, 0.3) is 11.7 Å². The highest BCUT2D eigenvalue weighted by atomic mass is 32.2. The largest absolute Gasteiger partial charge is 0.507 e. The first-order valence-electron chi connectivity index (χ1n) is 10.9. The highest BCUT2D eigenvalue weighted by Gasteiger charge is 2.45. The smallest absolute Gasteiger partial charge is 0.295 e. The molecule has 8 nitrogen and oxygen atoms in total. The molecule has 34 heavy (non-hydrogen) atoms. The molecule has 1 aliphatic rings. The van der Waals surface area contributed by atoms with Crippen LogP contribution in [0.4, 0.5) is 0 Å². The van der Waals surface area contributed by atoms with E-state index in [4.69, 9.17) is 4.74 Å². The number of ketones is 1. The summed E-state index contributed by atoms with van der Waals surface area (Å²) in [6, 6.07) is 12.4. The van der Waals surface area contributed by atoms with Crippen LogP contribution < -0.4 is 0 Å². The predicted octanol–water partition coefficient (Wildman–Crippen LogP) is 3.13. The lowest BCUT2D eigenvalue weighted by atomic mass is 9.93. The fourth-order valence-corrected chi connectivity index (χ4v) is 4.76. The third-order valence-electron chi connectivity index (χ3n) is 5.90. The molecule has 0 spiro atoms. The molecule has 0 unspecified atom stereocenters. The maximum Gasteiger partial charge on any atom is 0.295 e. The Morgan fingerprint density at radius 1 is 1.06 bits per heavy atom. The van der Waals surface area contributed by atoms with E-state index < -0.39 is 27.8 Å². The first kappa shape index (κ1) is 25.6. The highest BCUT2D eigenvalue weighted by molar-refractivity contribution is 7.89. The van der Waals surface area contributed by atoms with Crippen LogP contribution in [0.1, 0.15) is 42.5 Å². The van der Waals surface area contributed by atoms with Gasteiger partial charge in [0.15, 0.2) is 0 Å². The first-order chi connectivity index (χ1) is 16.0. The molecule has 1 N–H and O–H groups in total. The SMILES string of the molecule is COCCN1C(=O)C(=O)/C(=C(/O)c2ccc(S(=O)(=O)N(C)C)cc2)[C@@H]1c1ccc(C(C)C)cc1. The Bertz CT molecular complexity index is 1200. The molecule has 1 saturated heterocycles. The predicted molar refractivity (Wildman–Crippen MR) is 129 cm³/mol. The van der Waals surface area contributed by atoms with E-state index in [2.05, 4.69) is 13.8 Å². The Morgan fingerprint density at radius 2 is 1.65 bits per heavy atom. The lowest BCUT2D eigenvalue weighted by molar-refractivity contribution is -0.140. The van der Waals surface area contributed by atoms with Crippen LogP contribution >= 0.6 is 0 Å². The second-order valence-corrected chi connectivity index (χ2v) is 10.8. The number of nitrogens with zero attached hydrogens (tertiary/aromatic N) is 2. The number of aliphatic hydroxyl groups excluding tert-OH is 1. The molecule has 0 radical (unpaired) electrons. The van der Waals surface area contributed by atoms with Crippen LogP contribution in [0.15, 0.2) is 59.0 Å². The molecule has 1 atom stereocenters. The number of benzene rings is 2. The minimum atomic E-state index is -3.65. The molecule has 1 amide bonds. The molecule has 1 aliphatic heterocycles. The molecule has 0 bridgehead atoms. The summed E-state index contributed by atoms with van der Waals surface area (Å²) in [5, 5.41) is 11.1. The zero-order valence-corrected chi connectivity index (χ0v) is 20.8. The number of amides is 1. The topological polar surface area (TPSA) is 104 Å². The summed E-state index contributed by atoms with van der Waals surface area (Å²) < 4.78 is 30.9. The van der Waals surface area contributed by atoms with Crippen LogP contribution in [-0.4, -0.2) is 68.8 Å². The molecule has 0 saturated carbocycles. The van der Waals surface area contributed by atoms with Gasteiger partial charge < -0.3 is 14.7 Å². The van der Waals surface area contributed by atoms with Gasteiger partial charge in [0, 0.05) is 33.3 Å². The third kappa shape index (κ3) is 4.77. The van der Waals surface area contributed by atoms with Gasteiger partial charge >= 0.3 is 0 Å². The summed E-state index contributed by atoms with van der Waals surface area (Å²) in [7, 11) is 0.709. The Morgan fingerprint density at radius 3 is 2.15 bits per heavy atom. The lowest BCUT2D eigenvalue weighted by Crippen LogP contribution is -2.32. The van der Waals surface area contributed by atoms with Crippen molar-refractivity contribution in [1.82, 2.24) is 9.21 Å². The molecule has 2 aromatic carbocycles. The van der Waals surface area contributed by atoms with Gasteiger partial charge in [-0.05, 0) is 41.3 Å². The van der Waals surface area contributed by atoms with E-state index in [1.807, 2.05) is 24.3 Å². The van der Waals surface area contributed by atoms with E-state index in [0.717, 1.165) is 9.87 Å². The summed E-state index contributed by atoms with van der Waals surface area (Å²) in [6.45, 7) is 4.54. The quantitative estimate of drug-likeness (QED) is 0.349. The maximum atomic E-state index is 13.0. The van der Waals surface area contributed by atoms with E-state index in [1.54, 1.807) is 0 Å². The standard InChI is InChI=1S/C25H30N2O6S/c1-16(2)17-6-8-18(9-7-17)22-21(24(29)25(30)27(22)14-15-33-5)23(28)19-10-12-20(13-11-19)34(31,32)26(3)4/h6-13,16,22,28H,14-15H2,1-5H3/b23-21+/t22-/m0/s1. The van der Waals surface area contributed by atoms with Crippen molar-refractivity contribution in [2.45, 2.75) is 30.7 Å². The molecule has 9 heteroatoms. The molecule has 1 fully saturated rings. The Balaban J connectivity index is 2.11. The number of rotatable bonds is 8. The van der Waals surface area contributed by atoms with Gasteiger partial charge in [-0.15, -0.1) is 0 Å². The lowest BCUT2D eigenvalue weighted by Gasteiger charge is -2.25. The molecular weight excluding hydrogens is 456 g/mol. The van der Waals surface area contributed by atoms with Gasteiger partial charge in [-0.3, -0.25) is 9.59 Å². The molecule has 1 heterocycles. The number of ether oxygens (including phenoxy) is 1. The zero-order valence-electron chi connectivity index (χ0n) is 20.0. The van der Waals surface area contributed by atoms with Crippen LogP contribution in [0.25, 0.3) is 5.76 Å². The average molecular weight is 487 g/mol. The highest BCUT2D eigenvalue weighted by Crippen LogP contribution is 2.39. The number of hydrogen-bond donors (Lipinski definition) is 1. The molecule has 0 aliphatic carbocycles. The second kappa shape index (κ2) is 10.1. The summed E-state index contributed by atoms with van der Waals surface area (Å²) in [6.07, 6.45) is 0. The summed E-state index contributed by atoms with van der Waals surface area (Å²) in [5.74, 6) is -1.56. The van der Waals surface area contributed by atoms with Gasteiger partial charge in [-0.1, -0.05) is 38.1 Å². The molecule has 182 valence electrons. The van der Waals surface area contributed by atoms with Gasteiger partial charge in [-0.25, -0.2) is 12.7 Å². The minimum Gasteiger partial charge on any atom is -0.507 e. The Hall–Kier alpha value is -3.01. The molecule has 0 aromatic heterocycles. The van der Waals surface area contributed by atoms with Crippen molar-refractivity contribution in [2.75, 3.05) is 34.4 Å². The van der Waals surface area contributed by atoms with Crippen LogP contribution in [0.3, 0.4) is 0 Å². The van der Waals surface area contributed by atoms with E-state index in [-0.39, 0.29) is 34.9 Å². The second-order valence-electron chi connectivity index (χ2n) is 8.62. The molecule has 3 rings (SSSR count). The summed E-state index contributed by atoms with van der Waals surface area (Å²) in [4.78, 5) is 27.3. The van der Waals surface area contributed by atoms with E-state index in [0.29, 0.717) is 11.5 Å². The van der Waals surface area contributed by atoms with Crippen molar-refractivity contribution in [3.8, 4) is 0 Å². The van der Waals surface area contributed by atoms with Crippen LogP contribution in [0.2, 0.25) is 0 Å². The van der Waals surface area contributed by atoms with E-state index in [9.17, 15) is 23.1 Å². The zero-order chi connectivity index (χ0) is 25.2. The van der Waals surface area contributed by atoms with E-state index in [1.165, 1.54) is 50.4 Å². The number of carbonyl (C=O) groups is 2. The summed E-state index contributed by atoms with van der Waals surface area (Å²) in [5.41, 5.74) is 2.00. The van der Waals surface area contributed by atoms with Crippen LogP contribution in [0.5, 0.6) is 0 Å². The summed E-state index contributed by atoms with van der Waals surface area (Å²) >= 11 is 0. The number of aliphatic hydroxyl groups is 1. The Kier molecular flexibility index (Phi) is 7.60. The van der Waals surface area contributed by atoms with Gasteiger partial charge in [0.05, 0.1) is 23.1 Å². The van der Waals surface area contributed by atoms with Gasteiger partial charge in [0.2, 0.25) is 10.0 Å². The van der Waals surface area contributed by atoms with Crippen molar-refractivity contribution < 1.29 is 27.9 Å². The number of likely N-dealkylation sites (tertiary alicyclic amines) is 1. The fraction of sp³-hybridized carbons (Fsp3) is 0.360. The van der Waals surface area contributed by atoms with Crippen molar-refractivity contribution in [1.29, 1.82) is 0 Å². The van der Waals surface area contributed by atoms with Gasteiger partial charge in [0.1, 0.15) is 5.76 Å². The number of sulfonamides is 1. The first-order valence-corrected chi connectivity index (χ1v) is 12.3. The molecular formula is C25H30N2O6S. The van der Waals surface area contributed by atoms with Gasteiger partial charge in [-0.2, -0.15) is 0 Å². The van der Waals surface area contributed by atoms with Crippen molar-refractivity contribution in [3.63, 3.8) is 0 Å². The normalized spacial score (nSPS) is 18.3. The fourth-order valence-electron chi connectivity index (χ4n) is 3.86. The number of carbonyl (C=O) groups excluding carboxylic acids is 2. The van der Waals surface area contributed by atoms with E-state index >= 15 is 0 Å². The van der Waals surface area contributed by atoms with Crippen molar-refractivity contribution in [2.24, 2.45) is 0 Å². The third-order valence-corrected chi connectivity index (χ3v) is 7.73. The minimum absolute atomic E-state index is 0.0402. The van der Waals surface area contributed by atoms with Crippen molar-refractivity contribution in [3.05, 3.63) is 70.8 Å². The van der Waals surface area contributed by atoms with Crippen LogP contribution in [0, 0.1) is 0 Å². The van der Waals surface area contributed by atoms with Crippen molar-refractivity contribution >= 4 is 27.5 Å². The monoisotopic (exact) mass is 486 g/mol. The van der Waals surface area contributed by atoms with Crippen LogP contribution in [-0.2, 0) is 24.3 Å². The number of hydrogen-bond acceptors (Lipinski definition) is 6. The number of methoxy groups -OCH3 is 1. The number of Topliss-reactive ketones (excluding diaryl/α,β-unsaturated/α-hetero) is 1. The Labute approximate surface area is 200 Å². The molecule has 2 aromatic rings. The average Bonchev–Trinajstić information content (AvgIpc) is 3.07.